The number of anilines is 1. The third kappa shape index (κ3) is 6.96. The quantitative estimate of drug-likeness (QED) is 0.250. The summed E-state index contributed by atoms with van der Waals surface area (Å²) in [6, 6.07) is 11.3. The van der Waals surface area contributed by atoms with Crippen LogP contribution in [0.4, 0.5) is 19.0 Å². The molecule has 6 heterocycles. The van der Waals surface area contributed by atoms with Crippen molar-refractivity contribution in [1.29, 1.82) is 5.26 Å². The number of benzene rings is 2. The molecule has 0 spiro atoms. The predicted molar refractivity (Wildman–Crippen MR) is 184 cm³/mol. The van der Waals surface area contributed by atoms with Gasteiger partial charge in [0.2, 0.25) is 0 Å². The molecule has 1 N–H and O–H groups in total. The van der Waals surface area contributed by atoms with Crippen LogP contribution in [0.25, 0.3) is 32.9 Å². The maximum atomic E-state index is 16.2. The number of halogens is 3. The van der Waals surface area contributed by atoms with Crippen LogP contribution in [-0.4, -0.2) is 88.8 Å². The van der Waals surface area contributed by atoms with Crippen molar-refractivity contribution in [2.45, 2.75) is 64.7 Å². The van der Waals surface area contributed by atoms with Gasteiger partial charge in [0.1, 0.15) is 34.8 Å². The zero-order chi connectivity index (χ0) is 33.9. The fourth-order valence-corrected chi connectivity index (χ4v) is 7.14. The van der Waals surface area contributed by atoms with E-state index in [1.807, 2.05) is 26.0 Å². The molecule has 2 aromatic heterocycles. The lowest BCUT2D eigenvalue weighted by atomic mass is 9.97. The van der Waals surface area contributed by atoms with Crippen molar-refractivity contribution < 1.29 is 13.2 Å². The number of nitrogens with zero attached hydrogens (tertiary/aromatic N) is 7. The molecule has 8 rings (SSSR count). The fourth-order valence-electron chi connectivity index (χ4n) is 7.14. The summed E-state index contributed by atoms with van der Waals surface area (Å²) < 4.78 is 43.6. The van der Waals surface area contributed by atoms with Gasteiger partial charge in [-0.1, -0.05) is 31.7 Å². The Morgan fingerprint density at radius 3 is 2.56 bits per heavy atom. The monoisotopic (exact) mass is 656 g/mol. The minimum atomic E-state index is -0.548. The van der Waals surface area contributed by atoms with Crippen LogP contribution in [0.2, 0.25) is 0 Å². The summed E-state index contributed by atoms with van der Waals surface area (Å²) in [5.74, 6) is 0.322. The first-order chi connectivity index (χ1) is 23.2. The maximum absolute atomic E-state index is 16.2. The number of alkyl halides is 1. The van der Waals surface area contributed by atoms with Crippen molar-refractivity contribution in [3.63, 3.8) is 0 Å². The minimum Gasteiger partial charge on any atom is -0.370 e. The van der Waals surface area contributed by atoms with Crippen LogP contribution >= 0.6 is 0 Å². The molecule has 3 atom stereocenters. The standard InChI is InChI=1S/C28H28F2N6.C7H12FN.C2H3N/c1-4-23-33-27-20(28(34-23)36-10-8-35(9-11-36)17(3)22-15-31-22)14-32-26(25(27)30)19-13-16(2)12-18-6-5-7-21(29)24(18)19;8-6-4-7-2-1-3-9(7)5-6;1-2-3/h5-7,12-14,22,31H,3-4,8-11,15H2,1-2H3;6-7H,1-5H2;1H3. The van der Waals surface area contributed by atoms with Crippen LogP contribution < -0.4 is 10.2 Å². The number of piperazine rings is 1. The van der Waals surface area contributed by atoms with Crippen LogP contribution in [0, 0.1) is 29.9 Å². The highest BCUT2D eigenvalue weighted by Crippen LogP contribution is 2.36. The second kappa shape index (κ2) is 14.5. The largest absolute Gasteiger partial charge is 0.370 e. The average molecular weight is 657 g/mol. The Morgan fingerprint density at radius 2 is 1.88 bits per heavy atom. The Bertz CT molecular complexity index is 1830. The molecule has 4 saturated heterocycles. The summed E-state index contributed by atoms with van der Waals surface area (Å²) in [5.41, 5.74) is 2.80. The predicted octanol–water partition coefficient (Wildman–Crippen LogP) is 6.32. The first-order valence-corrected chi connectivity index (χ1v) is 16.9. The van der Waals surface area contributed by atoms with Gasteiger partial charge in [0.25, 0.3) is 0 Å². The van der Waals surface area contributed by atoms with Crippen LogP contribution in [0.5, 0.6) is 0 Å². The van der Waals surface area contributed by atoms with Gasteiger partial charge in [0.15, 0.2) is 5.82 Å². The van der Waals surface area contributed by atoms with Gasteiger partial charge in [0.05, 0.1) is 17.5 Å². The lowest BCUT2D eigenvalue weighted by Gasteiger charge is -2.38. The molecule has 2 aromatic carbocycles. The highest BCUT2D eigenvalue weighted by molar-refractivity contribution is 5.99. The van der Waals surface area contributed by atoms with E-state index in [9.17, 15) is 8.78 Å². The van der Waals surface area contributed by atoms with Crippen LogP contribution in [0.1, 0.15) is 44.5 Å². The zero-order valence-corrected chi connectivity index (χ0v) is 27.9. The van der Waals surface area contributed by atoms with E-state index in [2.05, 4.69) is 36.6 Å². The molecular formula is C37H43F3N8. The molecule has 0 aliphatic carbocycles. The number of rotatable bonds is 5. The zero-order valence-electron chi connectivity index (χ0n) is 27.9. The SMILES string of the molecule is C=C(C1CN1)N1CCN(c2nc(CC)nc3c(F)c(-c4cc(C)cc5cccc(F)c45)ncc23)CC1.CC#N.FC1CC2CCCN2C1. The van der Waals surface area contributed by atoms with Crippen molar-refractivity contribution in [2.75, 3.05) is 50.7 Å². The molecule has 4 fully saturated rings. The molecular weight excluding hydrogens is 613 g/mol. The van der Waals surface area contributed by atoms with Crippen molar-refractivity contribution in [2.24, 2.45) is 0 Å². The molecule has 252 valence electrons. The summed E-state index contributed by atoms with van der Waals surface area (Å²) in [5, 5.41) is 12.3. The maximum Gasteiger partial charge on any atom is 0.175 e. The van der Waals surface area contributed by atoms with Gasteiger partial charge < -0.3 is 15.1 Å². The molecule has 4 aromatic rings. The van der Waals surface area contributed by atoms with E-state index in [1.165, 1.54) is 25.8 Å². The Labute approximate surface area is 280 Å². The number of aryl methyl sites for hydroxylation is 2. The molecule has 4 aliphatic heterocycles. The van der Waals surface area contributed by atoms with Gasteiger partial charge in [-0.05, 0) is 55.8 Å². The molecule has 3 unspecified atom stereocenters. The van der Waals surface area contributed by atoms with E-state index in [0.29, 0.717) is 58.4 Å². The molecule has 0 amide bonds. The van der Waals surface area contributed by atoms with E-state index in [4.69, 9.17) is 10.2 Å². The molecule has 4 aliphatic rings. The van der Waals surface area contributed by atoms with E-state index >= 15 is 4.39 Å². The fraction of sp³-hybridized carbons (Fsp3) is 0.459. The van der Waals surface area contributed by atoms with E-state index < -0.39 is 17.8 Å². The van der Waals surface area contributed by atoms with Crippen LogP contribution in [0.15, 0.2) is 48.8 Å². The second-order valence-corrected chi connectivity index (χ2v) is 12.9. The van der Waals surface area contributed by atoms with Gasteiger partial charge in [-0.2, -0.15) is 5.26 Å². The average Bonchev–Trinajstić information content (AvgIpc) is 3.75. The van der Waals surface area contributed by atoms with Gasteiger partial charge in [-0.15, -0.1) is 0 Å². The lowest BCUT2D eigenvalue weighted by molar-refractivity contribution is 0.292. The third-order valence-electron chi connectivity index (χ3n) is 9.61. The summed E-state index contributed by atoms with van der Waals surface area (Å²) in [4.78, 5) is 20.6. The van der Waals surface area contributed by atoms with E-state index in [0.717, 1.165) is 56.9 Å². The number of nitrogens with one attached hydrogen (secondary N) is 1. The number of pyridine rings is 1. The van der Waals surface area contributed by atoms with Crippen molar-refractivity contribution in [3.8, 4) is 17.3 Å². The molecule has 0 radical (unpaired) electrons. The topological polar surface area (TPSA) is 94.1 Å². The highest BCUT2D eigenvalue weighted by atomic mass is 19.1. The van der Waals surface area contributed by atoms with Gasteiger partial charge in [-0.3, -0.25) is 9.88 Å². The van der Waals surface area contributed by atoms with Gasteiger partial charge in [-0.25, -0.2) is 23.1 Å². The summed E-state index contributed by atoms with van der Waals surface area (Å²) in [6.07, 6.45) is 5.02. The molecule has 0 bridgehead atoms. The van der Waals surface area contributed by atoms with E-state index in [1.54, 1.807) is 24.4 Å². The number of fused-ring (bicyclic) bond motifs is 3. The number of aromatic nitrogens is 3. The molecule has 0 saturated carbocycles. The summed E-state index contributed by atoms with van der Waals surface area (Å²) >= 11 is 0. The molecule has 8 nitrogen and oxygen atoms in total. The lowest BCUT2D eigenvalue weighted by Crippen LogP contribution is -2.47. The minimum absolute atomic E-state index is 0.103. The first-order valence-electron chi connectivity index (χ1n) is 16.9. The Balaban J connectivity index is 0.000000281. The smallest absolute Gasteiger partial charge is 0.175 e. The highest BCUT2D eigenvalue weighted by Gasteiger charge is 2.35. The second-order valence-electron chi connectivity index (χ2n) is 12.9. The van der Waals surface area contributed by atoms with Gasteiger partial charge >= 0.3 is 0 Å². The van der Waals surface area contributed by atoms with E-state index in [-0.39, 0.29) is 11.2 Å². The summed E-state index contributed by atoms with van der Waals surface area (Å²) in [7, 11) is 0. The van der Waals surface area contributed by atoms with Crippen molar-refractivity contribution in [1.82, 2.24) is 30.1 Å². The van der Waals surface area contributed by atoms with Crippen molar-refractivity contribution >= 4 is 27.5 Å². The normalized spacial score (nSPS) is 21.6. The van der Waals surface area contributed by atoms with Crippen LogP contribution in [0.3, 0.4) is 0 Å². The van der Waals surface area contributed by atoms with Crippen LogP contribution in [-0.2, 0) is 6.42 Å². The number of nitriles is 1. The number of hydrogen-bond donors (Lipinski definition) is 1. The molecule has 11 heteroatoms. The molecule has 48 heavy (non-hydrogen) atoms. The Kier molecular flexibility index (Phi) is 10.1. The third-order valence-corrected chi connectivity index (χ3v) is 9.61. The summed E-state index contributed by atoms with van der Waals surface area (Å²) in [6.45, 7) is 15.5. The Morgan fingerprint density at radius 1 is 1.12 bits per heavy atom. The van der Waals surface area contributed by atoms with Gasteiger partial charge in [0, 0.05) is 81.5 Å². The van der Waals surface area contributed by atoms with Crippen molar-refractivity contribution in [3.05, 3.63) is 71.8 Å². The first kappa shape index (κ1) is 33.6. The number of hydrogen-bond acceptors (Lipinski definition) is 8. The Hall–Kier alpha value is -4.27.